The summed E-state index contributed by atoms with van der Waals surface area (Å²) in [5.41, 5.74) is 0. The Kier molecular flexibility index (Phi) is 3.87. The molecule has 4 heteroatoms. The topological polar surface area (TPSA) is 52.5 Å². The molecule has 2 aromatic carbocycles. The van der Waals surface area contributed by atoms with Gasteiger partial charge in [0.25, 0.3) is 0 Å². The Morgan fingerprint density at radius 1 is 0.824 bits per heavy atom. The van der Waals surface area contributed by atoms with Gasteiger partial charge in [0.2, 0.25) is 0 Å². The first-order valence-electron chi connectivity index (χ1n) is 5.46. The van der Waals surface area contributed by atoms with Crippen molar-refractivity contribution < 1.29 is 10.00 Å². The van der Waals surface area contributed by atoms with Crippen LogP contribution in [0, 0.1) is 0 Å². The third-order valence-corrected chi connectivity index (χ3v) is 5.73. The summed E-state index contributed by atoms with van der Waals surface area (Å²) in [7, 11) is -3.00. The Morgan fingerprint density at radius 3 is 1.59 bits per heavy atom. The van der Waals surface area contributed by atoms with Crippen LogP contribution in [0.2, 0.25) is 0 Å². The Labute approximate surface area is 101 Å². The van der Waals surface area contributed by atoms with Crippen molar-refractivity contribution in [3.63, 3.8) is 0 Å². The molecule has 0 aliphatic carbocycles. The summed E-state index contributed by atoms with van der Waals surface area (Å²) in [6, 6.07) is 18.9. The first-order valence-corrected chi connectivity index (χ1v) is 7.41. The Morgan fingerprint density at radius 2 is 1.24 bits per heavy atom. The van der Waals surface area contributed by atoms with Gasteiger partial charge in [0.05, 0.1) is 0 Å². The predicted molar refractivity (Wildman–Crippen MR) is 72.9 cm³/mol. The zero-order valence-corrected chi connectivity index (χ0v) is 10.4. The zero-order valence-electron chi connectivity index (χ0n) is 9.38. The maximum atomic E-state index is 10.8. The molecule has 2 rings (SSSR count). The molecule has 0 amide bonds. The van der Waals surface area contributed by atoms with Crippen molar-refractivity contribution in [1.29, 1.82) is 0 Å². The summed E-state index contributed by atoms with van der Waals surface area (Å²) in [5.74, 6) is 0. The first-order chi connectivity index (χ1) is 8.27. The van der Waals surface area contributed by atoms with Gasteiger partial charge in [0.1, 0.15) is 0 Å². The van der Waals surface area contributed by atoms with Gasteiger partial charge < -0.3 is 0 Å². The van der Waals surface area contributed by atoms with E-state index in [4.69, 9.17) is 5.11 Å². The Balaban J connectivity index is 2.47. The van der Waals surface area contributed by atoms with Crippen molar-refractivity contribution in [2.75, 3.05) is 6.73 Å². The van der Waals surface area contributed by atoms with Crippen LogP contribution in [0.3, 0.4) is 0 Å². The van der Waals surface area contributed by atoms with E-state index in [9.17, 15) is 4.89 Å². The van der Waals surface area contributed by atoms with E-state index in [1.165, 1.54) is 0 Å². The van der Waals surface area contributed by atoms with Crippen LogP contribution in [0.5, 0.6) is 0 Å². The van der Waals surface area contributed by atoms with Gasteiger partial charge in [-0.05, 0) is 0 Å². The third kappa shape index (κ3) is 2.54. The van der Waals surface area contributed by atoms with Gasteiger partial charge in [-0.3, -0.25) is 0 Å². The van der Waals surface area contributed by atoms with Crippen molar-refractivity contribution in [3.05, 3.63) is 60.7 Å². The quantitative estimate of drug-likeness (QED) is 0.553. The number of benzene rings is 2. The second-order valence-electron chi connectivity index (χ2n) is 3.78. The van der Waals surface area contributed by atoms with E-state index in [2.05, 4.69) is 5.09 Å². The molecule has 3 nitrogen and oxygen atoms in total. The van der Waals surface area contributed by atoms with Crippen LogP contribution in [0.25, 0.3) is 0 Å². The standard InChI is InChI=1S/C13H16NO2P/c15-11-14-17(16,12-7-3-1-4-8-12)13-9-5-2-6-10-13/h1-10,14-17H,11H2. The Bertz CT molecular complexity index is 422. The molecule has 17 heavy (non-hydrogen) atoms. The van der Waals surface area contributed by atoms with Crippen LogP contribution < -0.4 is 15.7 Å². The summed E-state index contributed by atoms with van der Waals surface area (Å²) in [4.78, 5) is 10.8. The number of nitrogens with one attached hydrogen (secondary N) is 1. The molecule has 0 fully saturated rings. The van der Waals surface area contributed by atoms with E-state index in [-0.39, 0.29) is 6.73 Å². The fourth-order valence-electron chi connectivity index (χ4n) is 1.84. The number of aliphatic hydroxyl groups excluding tert-OH is 1. The first kappa shape index (κ1) is 12.2. The average molecular weight is 249 g/mol. The van der Waals surface area contributed by atoms with Gasteiger partial charge in [-0.1, -0.05) is 0 Å². The molecule has 0 atom stereocenters. The van der Waals surface area contributed by atoms with E-state index in [0.717, 1.165) is 10.6 Å². The van der Waals surface area contributed by atoms with Crippen molar-refractivity contribution in [2.24, 2.45) is 0 Å². The molecule has 0 bridgehead atoms. The van der Waals surface area contributed by atoms with E-state index in [1.54, 1.807) is 0 Å². The van der Waals surface area contributed by atoms with E-state index in [0.29, 0.717) is 0 Å². The predicted octanol–water partition coefficient (Wildman–Crippen LogP) is 0.749. The van der Waals surface area contributed by atoms with E-state index < -0.39 is 7.64 Å². The zero-order chi connectivity index (χ0) is 12.1. The maximum absolute atomic E-state index is 10.8. The van der Waals surface area contributed by atoms with Crippen LogP contribution in [0.4, 0.5) is 0 Å². The minimum absolute atomic E-state index is 0.244. The molecule has 0 unspecified atom stereocenters. The average Bonchev–Trinajstić information content (AvgIpc) is 2.41. The fourth-order valence-corrected chi connectivity index (χ4v) is 4.16. The normalized spacial score (nSPS) is 12.4. The molecule has 0 aliphatic heterocycles. The summed E-state index contributed by atoms with van der Waals surface area (Å²) >= 11 is 0. The van der Waals surface area contributed by atoms with Gasteiger partial charge in [-0.15, -0.1) is 0 Å². The van der Waals surface area contributed by atoms with E-state index in [1.807, 2.05) is 60.7 Å². The monoisotopic (exact) mass is 249 g/mol. The molecule has 0 saturated heterocycles. The molecular formula is C13H16NO2P. The number of rotatable bonds is 4. The van der Waals surface area contributed by atoms with Crippen molar-refractivity contribution in [2.45, 2.75) is 0 Å². The van der Waals surface area contributed by atoms with Gasteiger partial charge in [-0.2, -0.15) is 0 Å². The van der Waals surface area contributed by atoms with Crippen LogP contribution in [0.15, 0.2) is 60.7 Å². The van der Waals surface area contributed by atoms with Crippen LogP contribution >= 0.6 is 7.64 Å². The van der Waals surface area contributed by atoms with Crippen LogP contribution in [0.1, 0.15) is 0 Å². The summed E-state index contributed by atoms with van der Waals surface area (Å²) in [6.07, 6.45) is 0. The summed E-state index contributed by atoms with van der Waals surface area (Å²) in [5, 5.41) is 13.6. The molecule has 0 saturated carbocycles. The number of aliphatic hydroxyl groups is 1. The van der Waals surface area contributed by atoms with Gasteiger partial charge >= 0.3 is 101 Å². The Hall–Kier alpha value is -1.25. The van der Waals surface area contributed by atoms with Gasteiger partial charge in [0, 0.05) is 0 Å². The minimum atomic E-state index is -3.00. The molecule has 90 valence electrons. The third-order valence-electron chi connectivity index (χ3n) is 2.72. The van der Waals surface area contributed by atoms with Gasteiger partial charge in [-0.25, -0.2) is 0 Å². The molecule has 2 aromatic rings. The van der Waals surface area contributed by atoms with Crippen LogP contribution in [-0.2, 0) is 0 Å². The molecular weight excluding hydrogens is 233 g/mol. The molecule has 0 aromatic heterocycles. The fraction of sp³-hybridized carbons (Fsp3) is 0.0769. The van der Waals surface area contributed by atoms with Crippen LogP contribution in [-0.4, -0.2) is 16.7 Å². The molecule has 3 N–H and O–H groups in total. The SMILES string of the molecule is OCN[PH](O)(c1ccccc1)c1ccccc1. The van der Waals surface area contributed by atoms with Gasteiger partial charge in [0.15, 0.2) is 0 Å². The number of hydrogen-bond acceptors (Lipinski definition) is 3. The molecule has 0 aliphatic rings. The summed E-state index contributed by atoms with van der Waals surface area (Å²) < 4.78 is 0. The second kappa shape index (κ2) is 5.39. The van der Waals surface area contributed by atoms with Crippen molar-refractivity contribution >= 4 is 18.2 Å². The van der Waals surface area contributed by atoms with E-state index >= 15 is 0 Å². The number of hydrogen-bond donors (Lipinski definition) is 3. The van der Waals surface area contributed by atoms with Crippen molar-refractivity contribution in [3.8, 4) is 0 Å². The molecule has 0 heterocycles. The van der Waals surface area contributed by atoms with Crippen molar-refractivity contribution in [1.82, 2.24) is 5.09 Å². The second-order valence-corrected chi connectivity index (χ2v) is 6.71. The molecule has 0 radical (unpaired) electrons. The molecule has 0 spiro atoms. The summed E-state index contributed by atoms with van der Waals surface area (Å²) in [6.45, 7) is -0.244.